The number of nitrogens with zero attached hydrogens (tertiary/aromatic N) is 4. The van der Waals surface area contributed by atoms with E-state index >= 15 is 0 Å². The topological polar surface area (TPSA) is 126 Å². The summed E-state index contributed by atoms with van der Waals surface area (Å²) in [6.07, 6.45) is 0. The molecule has 0 fully saturated rings. The Bertz CT molecular complexity index is 1630. The number of ether oxygens (including phenoxy) is 1. The van der Waals surface area contributed by atoms with Crippen LogP contribution in [0, 0.1) is 20.8 Å². The van der Waals surface area contributed by atoms with Crippen LogP contribution in [-0.2, 0) is 10.5 Å². The number of benzene rings is 2. The van der Waals surface area contributed by atoms with Crippen LogP contribution in [-0.4, -0.2) is 43.7 Å². The number of aryl methyl sites for hydroxylation is 3. The molecular formula is C28H26N4O5S3. The number of thiazole rings is 1. The first-order chi connectivity index (χ1) is 19.2. The van der Waals surface area contributed by atoms with Gasteiger partial charge >= 0.3 is 0 Å². The molecule has 1 aliphatic heterocycles. The molecule has 12 heteroatoms. The van der Waals surface area contributed by atoms with E-state index in [-0.39, 0.29) is 22.2 Å². The second kappa shape index (κ2) is 11.4. The van der Waals surface area contributed by atoms with Crippen molar-refractivity contribution in [3.63, 3.8) is 0 Å². The molecule has 206 valence electrons. The summed E-state index contributed by atoms with van der Waals surface area (Å²) in [7, 11) is 0. The molecule has 0 spiro atoms. The first-order valence-electron chi connectivity index (χ1n) is 12.4. The van der Waals surface area contributed by atoms with Gasteiger partial charge in [0.05, 0.1) is 33.8 Å². The largest absolute Gasteiger partial charge is 0.504 e. The Morgan fingerprint density at radius 3 is 2.50 bits per heavy atom. The molecular weight excluding hydrogens is 569 g/mol. The normalized spacial score (nSPS) is 15.2. The van der Waals surface area contributed by atoms with E-state index in [0.717, 1.165) is 5.56 Å². The minimum absolute atomic E-state index is 0.0813. The Kier molecular flexibility index (Phi) is 7.92. The molecule has 4 aromatic rings. The van der Waals surface area contributed by atoms with Crippen molar-refractivity contribution in [2.24, 2.45) is 0 Å². The molecule has 1 aliphatic rings. The zero-order valence-corrected chi connectivity index (χ0v) is 24.6. The van der Waals surface area contributed by atoms with E-state index in [4.69, 9.17) is 4.74 Å². The molecule has 0 radical (unpaired) electrons. The van der Waals surface area contributed by atoms with Gasteiger partial charge in [-0.05, 0) is 51.0 Å². The summed E-state index contributed by atoms with van der Waals surface area (Å²) in [4.78, 5) is 33.3. The molecule has 0 saturated heterocycles. The third-order valence-corrected chi connectivity index (χ3v) is 9.45. The number of aromatic hydroxyl groups is 1. The number of Topliss-reactive ketones (excluding diaryl/α,β-unsaturated/α-hetero) is 1. The number of carbonyl (C=O) groups excluding carboxylic acids is 2. The van der Waals surface area contributed by atoms with Crippen molar-refractivity contribution in [1.29, 1.82) is 0 Å². The van der Waals surface area contributed by atoms with Gasteiger partial charge in [0, 0.05) is 5.75 Å². The third-order valence-electron chi connectivity index (χ3n) is 6.25. The number of amides is 1. The van der Waals surface area contributed by atoms with Crippen LogP contribution in [0.5, 0.6) is 11.5 Å². The van der Waals surface area contributed by atoms with E-state index in [2.05, 4.69) is 15.2 Å². The second-order valence-corrected chi connectivity index (χ2v) is 12.5. The van der Waals surface area contributed by atoms with E-state index in [1.807, 2.05) is 31.2 Å². The van der Waals surface area contributed by atoms with E-state index < -0.39 is 23.5 Å². The zero-order chi connectivity index (χ0) is 28.6. The predicted molar refractivity (Wildman–Crippen MR) is 156 cm³/mol. The fraction of sp³-hybridized carbons (Fsp3) is 0.250. The van der Waals surface area contributed by atoms with Crippen molar-refractivity contribution in [1.82, 2.24) is 15.2 Å². The molecule has 2 N–H and O–H groups in total. The molecule has 2 aromatic carbocycles. The minimum Gasteiger partial charge on any atom is -0.504 e. The highest BCUT2D eigenvalue weighted by Gasteiger charge is 2.47. The van der Waals surface area contributed by atoms with Crippen LogP contribution < -0.4 is 9.64 Å². The molecule has 1 amide bonds. The third kappa shape index (κ3) is 5.34. The van der Waals surface area contributed by atoms with Gasteiger partial charge in [0.15, 0.2) is 21.6 Å². The number of hydrogen-bond donors (Lipinski definition) is 2. The van der Waals surface area contributed by atoms with Crippen molar-refractivity contribution in [3.8, 4) is 11.5 Å². The fourth-order valence-corrected chi connectivity index (χ4v) is 7.07. The number of carbonyl (C=O) groups is 2. The number of rotatable bonds is 9. The van der Waals surface area contributed by atoms with Crippen LogP contribution in [0.4, 0.5) is 5.13 Å². The minimum atomic E-state index is -1.02. The van der Waals surface area contributed by atoms with Crippen molar-refractivity contribution in [2.45, 2.75) is 43.8 Å². The van der Waals surface area contributed by atoms with E-state index in [1.54, 1.807) is 32.9 Å². The van der Waals surface area contributed by atoms with Gasteiger partial charge in [0.25, 0.3) is 5.91 Å². The smallest absolute Gasteiger partial charge is 0.296 e. The molecule has 40 heavy (non-hydrogen) atoms. The number of aliphatic hydroxyl groups is 1. The summed E-state index contributed by atoms with van der Waals surface area (Å²) < 4.78 is 6.20. The summed E-state index contributed by atoms with van der Waals surface area (Å²) in [5.74, 6) is -1.13. The van der Waals surface area contributed by atoms with Crippen LogP contribution >= 0.6 is 34.4 Å². The summed E-state index contributed by atoms with van der Waals surface area (Å²) in [5, 5.41) is 30.8. The highest BCUT2D eigenvalue weighted by Crippen LogP contribution is 2.46. The number of thioether (sulfide) groups is 1. The Morgan fingerprint density at radius 1 is 1.07 bits per heavy atom. The fourth-order valence-electron chi connectivity index (χ4n) is 4.37. The van der Waals surface area contributed by atoms with Crippen molar-refractivity contribution < 1.29 is 24.5 Å². The number of aliphatic hydroxyl groups excluding tert-OH is 1. The van der Waals surface area contributed by atoms with Gasteiger partial charge in [-0.15, -0.1) is 21.5 Å². The van der Waals surface area contributed by atoms with E-state index in [0.29, 0.717) is 37.8 Å². The highest BCUT2D eigenvalue weighted by molar-refractivity contribution is 8.00. The van der Waals surface area contributed by atoms with Gasteiger partial charge in [-0.25, -0.2) is 4.98 Å². The number of aromatic nitrogens is 3. The van der Waals surface area contributed by atoms with Crippen molar-refractivity contribution >= 4 is 51.3 Å². The molecule has 1 unspecified atom stereocenters. The van der Waals surface area contributed by atoms with Gasteiger partial charge in [-0.2, -0.15) is 0 Å². The number of anilines is 1. The van der Waals surface area contributed by atoms with Gasteiger partial charge < -0.3 is 14.9 Å². The molecule has 3 heterocycles. The van der Waals surface area contributed by atoms with E-state index in [1.165, 1.54) is 51.0 Å². The summed E-state index contributed by atoms with van der Waals surface area (Å²) in [5.41, 5.74) is 3.19. The van der Waals surface area contributed by atoms with Gasteiger partial charge in [-0.1, -0.05) is 59.0 Å². The molecule has 5 rings (SSSR count). The van der Waals surface area contributed by atoms with Gasteiger partial charge in [0.1, 0.15) is 0 Å². The maximum Gasteiger partial charge on any atom is 0.296 e. The second-order valence-electron chi connectivity index (χ2n) is 9.10. The molecule has 2 aromatic heterocycles. The zero-order valence-electron chi connectivity index (χ0n) is 22.2. The van der Waals surface area contributed by atoms with Crippen LogP contribution in [0.2, 0.25) is 0 Å². The molecule has 1 atom stereocenters. The van der Waals surface area contributed by atoms with Crippen LogP contribution in [0.25, 0.3) is 0 Å². The lowest BCUT2D eigenvalue weighted by atomic mass is 9.95. The quantitative estimate of drug-likeness (QED) is 0.134. The Balaban J connectivity index is 1.54. The lowest BCUT2D eigenvalue weighted by Crippen LogP contribution is -2.31. The number of phenols is 1. The Labute approximate surface area is 243 Å². The average Bonchev–Trinajstić information content (AvgIpc) is 3.60. The Hall–Kier alpha value is -3.74. The molecule has 0 bridgehead atoms. The maximum atomic E-state index is 13.8. The van der Waals surface area contributed by atoms with Crippen LogP contribution in [0.3, 0.4) is 0 Å². The SMILES string of the molecule is CCOc1cc(C2C(C(=O)c3sc(C)nc3C)=C(O)C(=O)N2c2nnc(SCc3ccc(C)cc3)s2)ccc1O. The molecule has 9 nitrogen and oxygen atoms in total. The number of phenolic OH excluding ortho intramolecular Hbond substituents is 1. The monoisotopic (exact) mass is 594 g/mol. The number of hydrogen-bond acceptors (Lipinski definition) is 11. The molecule has 0 aliphatic carbocycles. The lowest BCUT2D eigenvalue weighted by molar-refractivity contribution is -0.117. The first-order valence-corrected chi connectivity index (χ1v) is 15.0. The van der Waals surface area contributed by atoms with E-state index in [9.17, 15) is 19.8 Å². The van der Waals surface area contributed by atoms with Crippen LogP contribution in [0.1, 0.15) is 50.0 Å². The highest BCUT2D eigenvalue weighted by atomic mass is 32.2. The van der Waals surface area contributed by atoms with Crippen LogP contribution in [0.15, 0.2) is 58.1 Å². The van der Waals surface area contributed by atoms with Gasteiger partial charge in [-0.3, -0.25) is 14.5 Å². The average molecular weight is 595 g/mol. The predicted octanol–water partition coefficient (Wildman–Crippen LogP) is 6.10. The first kappa shape index (κ1) is 27.8. The summed E-state index contributed by atoms with van der Waals surface area (Å²) in [6.45, 7) is 7.62. The lowest BCUT2D eigenvalue weighted by Gasteiger charge is -2.24. The van der Waals surface area contributed by atoms with Crippen molar-refractivity contribution in [2.75, 3.05) is 11.5 Å². The Morgan fingerprint density at radius 2 is 1.82 bits per heavy atom. The molecule has 0 saturated carbocycles. The summed E-state index contributed by atoms with van der Waals surface area (Å²) >= 11 is 3.88. The number of ketones is 1. The standard InChI is InChI=1S/C28H26N4O5S3/c1-5-37-20-12-18(10-11-19(20)33)22-21(23(34)25-15(3)29-16(4)39-25)24(35)26(36)32(22)27-30-31-28(40-27)38-13-17-8-6-14(2)7-9-17/h6-12,22,33,35H,5,13H2,1-4H3. The van der Waals surface area contributed by atoms with Crippen molar-refractivity contribution in [3.05, 3.63) is 86.1 Å². The maximum absolute atomic E-state index is 13.8. The summed E-state index contributed by atoms with van der Waals surface area (Å²) in [6, 6.07) is 11.8. The van der Waals surface area contributed by atoms with Gasteiger partial charge in [0.2, 0.25) is 10.9 Å².